The first-order valence-corrected chi connectivity index (χ1v) is 6.81. The van der Waals surface area contributed by atoms with E-state index in [1.165, 1.54) is 12.8 Å². The molecule has 5 nitrogen and oxygen atoms in total. The second-order valence-electron chi connectivity index (χ2n) is 4.72. The van der Waals surface area contributed by atoms with Gasteiger partial charge in [0.25, 0.3) is 0 Å². The van der Waals surface area contributed by atoms with Gasteiger partial charge >= 0.3 is 0 Å². The largest absolute Gasteiger partial charge is 0.341 e. The number of hydrogen-bond acceptors (Lipinski definition) is 5. The molecule has 1 aliphatic rings. The van der Waals surface area contributed by atoms with Gasteiger partial charge in [-0.25, -0.2) is 9.97 Å². The van der Waals surface area contributed by atoms with E-state index in [9.17, 15) is 0 Å². The highest BCUT2D eigenvalue weighted by Crippen LogP contribution is 2.14. The van der Waals surface area contributed by atoms with E-state index in [0.29, 0.717) is 0 Å². The number of hydrogen-bond donors (Lipinski definition) is 2. The van der Waals surface area contributed by atoms with Crippen molar-refractivity contribution < 1.29 is 0 Å². The topological polar surface area (TPSA) is 53.1 Å². The summed E-state index contributed by atoms with van der Waals surface area (Å²) in [6.07, 6.45) is 7.54. The Labute approximate surface area is 109 Å². The van der Waals surface area contributed by atoms with Crippen LogP contribution in [0.5, 0.6) is 0 Å². The van der Waals surface area contributed by atoms with Crippen LogP contribution in [0.15, 0.2) is 12.4 Å². The van der Waals surface area contributed by atoms with E-state index >= 15 is 0 Å². The van der Waals surface area contributed by atoms with Crippen molar-refractivity contribution >= 4 is 5.95 Å². The lowest BCUT2D eigenvalue weighted by Crippen LogP contribution is -2.21. The van der Waals surface area contributed by atoms with Gasteiger partial charge in [0.05, 0.1) is 0 Å². The van der Waals surface area contributed by atoms with Gasteiger partial charge < -0.3 is 15.5 Å². The lowest BCUT2D eigenvalue weighted by molar-refractivity contribution is 0.623. The molecule has 2 rings (SSSR count). The van der Waals surface area contributed by atoms with Crippen LogP contribution in [-0.4, -0.2) is 43.2 Å². The summed E-state index contributed by atoms with van der Waals surface area (Å²) < 4.78 is 0. The Morgan fingerprint density at radius 2 is 1.89 bits per heavy atom. The minimum atomic E-state index is 0.851. The minimum Gasteiger partial charge on any atom is -0.341 e. The van der Waals surface area contributed by atoms with Crippen LogP contribution in [0.3, 0.4) is 0 Å². The van der Waals surface area contributed by atoms with E-state index in [1.807, 2.05) is 19.4 Å². The van der Waals surface area contributed by atoms with Gasteiger partial charge in [-0.2, -0.15) is 0 Å². The summed E-state index contributed by atoms with van der Waals surface area (Å²) in [4.78, 5) is 11.1. The first-order chi connectivity index (χ1) is 8.90. The normalized spacial score (nSPS) is 15.3. The molecule has 1 saturated heterocycles. The molecule has 0 radical (unpaired) electrons. The van der Waals surface area contributed by atoms with Crippen LogP contribution in [0.4, 0.5) is 5.95 Å². The van der Waals surface area contributed by atoms with Crippen LogP contribution in [0.25, 0.3) is 0 Å². The third-order valence-corrected chi connectivity index (χ3v) is 3.19. The fourth-order valence-electron chi connectivity index (χ4n) is 2.14. The first-order valence-electron chi connectivity index (χ1n) is 6.81. The van der Waals surface area contributed by atoms with E-state index < -0.39 is 0 Å². The van der Waals surface area contributed by atoms with E-state index in [-0.39, 0.29) is 0 Å². The molecule has 1 aromatic rings. The number of aromatic nitrogens is 2. The molecule has 0 spiro atoms. The first kappa shape index (κ1) is 13.2. The number of rotatable bonds is 7. The molecule has 100 valence electrons. The smallest absolute Gasteiger partial charge is 0.225 e. The Morgan fingerprint density at radius 1 is 1.17 bits per heavy atom. The maximum absolute atomic E-state index is 4.44. The number of nitrogens with one attached hydrogen (secondary N) is 2. The average molecular weight is 249 g/mol. The van der Waals surface area contributed by atoms with Gasteiger partial charge in [0.1, 0.15) is 0 Å². The Morgan fingerprint density at radius 3 is 2.56 bits per heavy atom. The fraction of sp³-hybridized carbons (Fsp3) is 0.692. The Bertz CT molecular complexity index is 332. The van der Waals surface area contributed by atoms with Gasteiger partial charge in [0, 0.05) is 37.6 Å². The van der Waals surface area contributed by atoms with Crippen LogP contribution < -0.4 is 15.5 Å². The average Bonchev–Trinajstić information content (AvgIpc) is 2.93. The monoisotopic (exact) mass is 249 g/mol. The van der Waals surface area contributed by atoms with Gasteiger partial charge in [-0.3, -0.25) is 0 Å². The molecule has 18 heavy (non-hydrogen) atoms. The van der Waals surface area contributed by atoms with Gasteiger partial charge in [-0.1, -0.05) is 0 Å². The third kappa shape index (κ3) is 3.92. The standard InChI is InChI=1S/C13H23N5/c1-14-5-4-6-15-9-12-10-16-13(17-11-12)18-7-2-3-8-18/h10-11,14-15H,2-9H2,1H3. The molecule has 5 heteroatoms. The maximum atomic E-state index is 4.44. The summed E-state index contributed by atoms with van der Waals surface area (Å²) >= 11 is 0. The summed E-state index contributed by atoms with van der Waals surface area (Å²) in [5.74, 6) is 0.881. The minimum absolute atomic E-state index is 0.851. The predicted octanol–water partition coefficient (Wildman–Crippen LogP) is 0.776. The molecule has 1 aliphatic heterocycles. The van der Waals surface area contributed by atoms with Crippen molar-refractivity contribution in [2.24, 2.45) is 0 Å². The fourth-order valence-corrected chi connectivity index (χ4v) is 2.14. The molecular formula is C13H23N5. The molecule has 0 aliphatic carbocycles. The van der Waals surface area contributed by atoms with Gasteiger partial charge in [0.2, 0.25) is 5.95 Å². The van der Waals surface area contributed by atoms with Crippen molar-refractivity contribution in [2.75, 3.05) is 38.1 Å². The summed E-state index contributed by atoms with van der Waals surface area (Å²) in [5.41, 5.74) is 1.16. The zero-order chi connectivity index (χ0) is 12.6. The third-order valence-electron chi connectivity index (χ3n) is 3.19. The molecule has 0 bridgehead atoms. The highest BCUT2D eigenvalue weighted by Gasteiger charge is 2.14. The molecular weight excluding hydrogens is 226 g/mol. The Hall–Kier alpha value is -1.20. The van der Waals surface area contributed by atoms with Crippen LogP contribution in [-0.2, 0) is 6.54 Å². The molecule has 0 amide bonds. The van der Waals surface area contributed by atoms with Crippen LogP contribution >= 0.6 is 0 Å². The molecule has 2 N–H and O–H groups in total. The van der Waals surface area contributed by atoms with Crippen molar-refractivity contribution in [3.8, 4) is 0 Å². The molecule has 1 fully saturated rings. The summed E-state index contributed by atoms with van der Waals surface area (Å²) in [7, 11) is 1.98. The highest BCUT2D eigenvalue weighted by molar-refractivity contribution is 5.30. The van der Waals surface area contributed by atoms with Crippen molar-refractivity contribution in [3.05, 3.63) is 18.0 Å². The van der Waals surface area contributed by atoms with Crippen molar-refractivity contribution in [2.45, 2.75) is 25.8 Å². The summed E-state index contributed by atoms with van der Waals surface area (Å²) in [5, 5.41) is 6.53. The van der Waals surface area contributed by atoms with Gasteiger partial charge in [-0.15, -0.1) is 0 Å². The summed E-state index contributed by atoms with van der Waals surface area (Å²) in [6.45, 7) is 5.12. The van der Waals surface area contributed by atoms with Gasteiger partial charge in [-0.05, 0) is 39.4 Å². The van der Waals surface area contributed by atoms with Gasteiger partial charge in [0.15, 0.2) is 0 Å². The quantitative estimate of drug-likeness (QED) is 0.699. The zero-order valence-corrected chi connectivity index (χ0v) is 11.2. The SMILES string of the molecule is CNCCCNCc1cnc(N2CCCC2)nc1. The summed E-state index contributed by atoms with van der Waals surface area (Å²) in [6, 6.07) is 0. The molecule has 0 aromatic carbocycles. The van der Waals surface area contributed by atoms with E-state index in [4.69, 9.17) is 0 Å². The molecule has 2 heterocycles. The molecule has 0 atom stereocenters. The van der Waals surface area contributed by atoms with Crippen LogP contribution in [0, 0.1) is 0 Å². The maximum Gasteiger partial charge on any atom is 0.225 e. The van der Waals surface area contributed by atoms with Crippen molar-refractivity contribution in [3.63, 3.8) is 0 Å². The zero-order valence-electron chi connectivity index (χ0n) is 11.2. The number of nitrogens with zero attached hydrogens (tertiary/aromatic N) is 3. The Kier molecular flexibility index (Phi) is 5.36. The lowest BCUT2D eigenvalue weighted by atomic mass is 10.3. The van der Waals surface area contributed by atoms with E-state index in [1.54, 1.807) is 0 Å². The molecule has 0 saturated carbocycles. The second kappa shape index (κ2) is 7.28. The second-order valence-corrected chi connectivity index (χ2v) is 4.72. The predicted molar refractivity (Wildman–Crippen MR) is 73.7 cm³/mol. The number of anilines is 1. The molecule has 0 unspecified atom stereocenters. The van der Waals surface area contributed by atoms with E-state index in [0.717, 1.165) is 50.7 Å². The van der Waals surface area contributed by atoms with E-state index in [2.05, 4.69) is 25.5 Å². The van der Waals surface area contributed by atoms with Crippen molar-refractivity contribution in [1.29, 1.82) is 0 Å². The van der Waals surface area contributed by atoms with Crippen LogP contribution in [0.1, 0.15) is 24.8 Å². The van der Waals surface area contributed by atoms with Crippen molar-refractivity contribution in [1.82, 2.24) is 20.6 Å². The Balaban J connectivity index is 1.73. The highest BCUT2D eigenvalue weighted by atomic mass is 15.3. The lowest BCUT2D eigenvalue weighted by Gasteiger charge is -2.14. The molecule has 1 aromatic heterocycles. The van der Waals surface area contributed by atoms with Crippen LogP contribution in [0.2, 0.25) is 0 Å².